The van der Waals surface area contributed by atoms with Gasteiger partial charge in [0.1, 0.15) is 6.04 Å². The summed E-state index contributed by atoms with van der Waals surface area (Å²) in [5, 5.41) is 2.82. The molecule has 0 radical (unpaired) electrons. The van der Waals surface area contributed by atoms with Crippen molar-refractivity contribution in [3.05, 3.63) is 36.4 Å². The van der Waals surface area contributed by atoms with Gasteiger partial charge < -0.3 is 5.32 Å². The molecule has 2 aliphatic heterocycles. The third-order valence-electron chi connectivity index (χ3n) is 6.37. The third-order valence-corrected chi connectivity index (χ3v) is 8.24. The summed E-state index contributed by atoms with van der Waals surface area (Å²) in [6.45, 7) is 4.34. The Morgan fingerprint density at radius 3 is 2.16 bits per heavy atom. The van der Waals surface area contributed by atoms with Gasteiger partial charge in [-0.1, -0.05) is 26.0 Å². The van der Waals surface area contributed by atoms with Crippen LogP contribution in [0, 0.1) is 17.8 Å². The van der Waals surface area contributed by atoms with Gasteiger partial charge >= 0.3 is 0 Å². The molecule has 172 valence electrons. The van der Waals surface area contributed by atoms with E-state index in [9.17, 15) is 22.8 Å². The highest BCUT2D eigenvalue weighted by Crippen LogP contribution is 2.37. The van der Waals surface area contributed by atoms with Gasteiger partial charge in [0, 0.05) is 12.2 Å². The molecular weight excluding hydrogens is 430 g/mol. The van der Waals surface area contributed by atoms with Crippen LogP contribution in [0.2, 0.25) is 0 Å². The number of imide groups is 1. The summed E-state index contributed by atoms with van der Waals surface area (Å²) in [5.74, 6) is -1.45. The summed E-state index contributed by atoms with van der Waals surface area (Å²) in [6.07, 6.45) is 5.88. The lowest BCUT2D eigenvalue weighted by Crippen LogP contribution is -2.48. The fraction of sp³-hybridized carbons (Fsp3) is 0.522. The second-order valence-electron chi connectivity index (χ2n) is 9.13. The average molecular weight is 460 g/mol. The minimum Gasteiger partial charge on any atom is -0.324 e. The number of nitrogens with one attached hydrogen (secondary N) is 1. The summed E-state index contributed by atoms with van der Waals surface area (Å²) in [5.41, 5.74) is 1.04. The van der Waals surface area contributed by atoms with Gasteiger partial charge in [-0.3, -0.25) is 23.6 Å². The van der Waals surface area contributed by atoms with Crippen LogP contribution in [0.4, 0.5) is 11.4 Å². The Labute approximate surface area is 188 Å². The SMILES string of the molecule is CC(C)CC(C(=O)Nc1ccc(N2CCCS2(=O)=O)cc1)N1C(=O)C2CC=CCC2C1=O. The number of allylic oxidation sites excluding steroid dienone is 2. The summed E-state index contributed by atoms with van der Waals surface area (Å²) in [6, 6.07) is 5.72. The highest BCUT2D eigenvalue weighted by molar-refractivity contribution is 7.93. The number of benzene rings is 1. The Kier molecular flexibility index (Phi) is 6.11. The number of nitrogens with zero attached hydrogens (tertiary/aromatic N) is 2. The standard InChI is InChI=1S/C23H29N3O5S/c1-15(2)14-20(26-22(28)18-6-3-4-7-19(18)23(26)29)21(27)24-16-8-10-17(11-9-16)25-12-5-13-32(25,30)31/h3-4,8-11,15,18-20H,5-7,12-14H2,1-2H3,(H,24,27). The van der Waals surface area contributed by atoms with Crippen molar-refractivity contribution in [2.24, 2.45) is 17.8 Å². The summed E-state index contributed by atoms with van der Waals surface area (Å²) in [4.78, 5) is 40.4. The van der Waals surface area contributed by atoms with E-state index in [0.717, 1.165) is 0 Å². The summed E-state index contributed by atoms with van der Waals surface area (Å²) < 4.78 is 25.6. The molecule has 3 aliphatic rings. The number of carbonyl (C=O) groups is 3. The molecule has 0 spiro atoms. The Bertz CT molecular complexity index is 1020. The number of likely N-dealkylation sites (tertiary alicyclic amines) is 1. The fourth-order valence-corrected chi connectivity index (χ4v) is 6.34. The van der Waals surface area contributed by atoms with Crippen molar-refractivity contribution in [1.29, 1.82) is 0 Å². The first-order chi connectivity index (χ1) is 15.2. The van der Waals surface area contributed by atoms with E-state index in [1.54, 1.807) is 24.3 Å². The molecule has 0 bridgehead atoms. The van der Waals surface area contributed by atoms with Crippen molar-refractivity contribution in [2.75, 3.05) is 21.9 Å². The molecule has 1 N–H and O–H groups in total. The minimum absolute atomic E-state index is 0.106. The first-order valence-electron chi connectivity index (χ1n) is 11.1. The van der Waals surface area contributed by atoms with E-state index < -0.39 is 22.0 Å². The zero-order valence-electron chi connectivity index (χ0n) is 18.4. The monoisotopic (exact) mass is 459 g/mol. The smallest absolute Gasteiger partial charge is 0.247 e. The maximum atomic E-state index is 13.2. The predicted octanol–water partition coefficient (Wildman–Crippen LogP) is 2.53. The van der Waals surface area contributed by atoms with Crippen molar-refractivity contribution in [3.8, 4) is 0 Å². The van der Waals surface area contributed by atoms with Crippen molar-refractivity contribution in [3.63, 3.8) is 0 Å². The van der Waals surface area contributed by atoms with Gasteiger partial charge in [0.25, 0.3) is 0 Å². The molecule has 32 heavy (non-hydrogen) atoms. The van der Waals surface area contributed by atoms with Crippen molar-refractivity contribution < 1.29 is 22.8 Å². The molecule has 3 amide bonds. The maximum absolute atomic E-state index is 13.2. The van der Waals surface area contributed by atoms with Crippen molar-refractivity contribution >= 4 is 39.1 Å². The highest BCUT2D eigenvalue weighted by atomic mass is 32.2. The summed E-state index contributed by atoms with van der Waals surface area (Å²) in [7, 11) is -3.28. The van der Waals surface area contributed by atoms with Crippen LogP contribution < -0.4 is 9.62 Å². The number of anilines is 2. The molecule has 4 rings (SSSR count). The van der Waals surface area contributed by atoms with Crippen LogP contribution in [0.15, 0.2) is 36.4 Å². The van der Waals surface area contributed by atoms with Gasteiger partial charge in [0.15, 0.2) is 0 Å². The second kappa shape index (κ2) is 8.69. The second-order valence-corrected chi connectivity index (χ2v) is 11.1. The Hall–Kier alpha value is -2.68. The first-order valence-corrected chi connectivity index (χ1v) is 12.7. The Morgan fingerprint density at radius 1 is 1.06 bits per heavy atom. The number of fused-ring (bicyclic) bond motifs is 1. The first kappa shape index (κ1) is 22.5. The molecule has 0 aromatic heterocycles. The molecule has 3 unspecified atom stereocenters. The van der Waals surface area contributed by atoms with Gasteiger partial charge in [-0.15, -0.1) is 0 Å². The van der Waals surface area contributed by atoms with E-state index in [4.69, 9.17) is 0 Å². The van der Waals surface area contributed by atoms with E-state index in [2.05, 4.69) is 5.32 Å². The molecule has 1 aromatic carbocycles. The van der Waals surface area contributed by atoms with E-state index in [0.29, 0.717) is 43.6 Å². The van der Waals surface area contributed by atoms with Crippen molar-refractivity contribution in [2.45, 2.75) is 45.6 Å². The van der Waals surface area contributed by atoms with E-state index in [-0.39, 0.29) is 35.3 Å². The zero-order valence-corrected chi connectivity index (χ0v) is 19.2. The van der Waals surface area contributed by atoms with Gasteiger partial charge in [-0.05, 0) is 55.9 Å². The summed E-state index contributed by atoms with van der Waals surface area (Å²) >= 11 is 0. The van der Waals surface area contributed by atoms with Crippen LogP contribution >= 0.6 is 0 Å². The molecule has 2 heterocycles. The number of carbonyl (C=O) groups excluding carboxylic acids is 3. The average Bonchev–Trinajstić information content (AvgIpc) is 3.23. The van der Waals surface area contributed by atoms with Crippen LogP contribution in [-0.4, -0.2) is 49.4 Å². The number of hydrogen-bond donors (Lipinski definition) is 1. The number of sulfonamides is 1. The number of rotatable bonds is 6. The normalized spacial score (nSPS) is 25.3. The number of hydrogen-bond acceptors (Lipinski definition) is 5. The molecule has 2 saturated heterocycles. The van der Waals surface area contributed by atoms with E-state index in [1.165, 1.54) is 9.21 Å². The van der Waals surface area contributed by atoms with E-state index >= 15 is 0 Å². The number of amides is 3. The molecule has 8 nitrogen and oxygen atoms in total. The van der Waals surface area contributed by atoms with Gasteiger partial charge in [0.05, 0.1) is 23.3 Å². The molecule has 3 atom stereocenters. The Balaban J connectivity index is 1.52. The fourth-order valence-electron chi connectivity index (χ4n) is 4.78. The molecule has 1 aliphatic carbocycles. The lowest BCUT2D eigenvalue weighted by Gasteiger charge is -2.27. The highest BCUT2D eigenvalue weighted by Gasteiger charge is 2.51. The topological polar surface area (TPSA) is 104 Å². The third kappa shape index (κ3) is 4.18. The van der Waals surface area contributed by atoms with Gasteiger partial charge in [0.2, 0.25) is 27.7 Å². The van der Waals surface area contributed by atoms with E-state index in [1.807, 2.05) is 26.0 Å². The lowest BCUT2D eigenvalue weighted by atomic mass is 9.85. The molecule has 9 heteroatoms. The molecule has 1 aromatic rings. The van der Waals surface area contributed by atoms with Crippen molar-refractivity contribution in [1.82, 2.24) is 4.90 Å². The minimum atomic E-state index is -3.28. The molecule has 2 fully saturated rings. The molecule has 0 saturated carbocycles. The van der Waals surface area contributed by atoms with Gasteiger partial charge in [-0.2, -0.15) is 0 Å². The van der Waals surface area contributed by atoms with Crippen LogP contribution in [0.5, 0.6) is 0 Å². The Morgan fingerprint density at radius 2 is 1.66 bits per heavy atom. The van der Waals surface area contributed by atoms with Crippen LogP contribution in [0.1, 0.15) is 39.5 Å². The van der Waals surface area contributed by atoms with Gasteiger partial charge in [-0.25, -0.2) is 8.42 Å². The van der Waals surface area contributed by atoms with Crippen LogP contribution in [-0.2, 0) is 24.4 Å². The lowest BCUT2D eigenvalue weighted by molar-refractivity contribution is -0.147. The largest absolute Gasteiger partial charge is 0.324 e. The predicted molar refractivity (Wildman–Crippen MR) is 121 cm³/mol. The maximum Gasteiger partial charge on any atom is 0.247 e. The quantitative estimate of drug-likeness (QED) is 0.520. The van der Waals surface area contributed by atoms with Crippen LogP contribution in [0.3, 0.4) is 0 Å². The molecular formula is C23H29N3O5S. The van der Waals surface area contributed by atoms with Crippen LogP contribution in [0.25, 0.3) is 0 Å². The zero-order chi connectivity index (χ0) is 23.0.